The van der Waals surface area contributed by atoms with Gasteiger partial charge in [-0.3, -0.25) is 9.97 Å². The molecule has 5 rings (SSSR count). The Morgan fingerprint density at radius 2 is 1.52 bits per heavy atom. The van der Waals surface area contributed by atoms with Crippen LogP contribution in [-0.4, -0.2) is 31.3 Å². The highest BCUT2D eigenvalue weighted by Crippen LogP contribution is 2.43. The van der Waals surface area contributed by atoms with E-state index in [1.54, 1.807) is 33.7 Å². The van der Waals surface area contributed by atoms with Crippen LogP contribution in [0.25, 0.3) is 44.5 Å². The highest BCUT2D eigenvalue weighted by atomic mass is 16.5. The van der Waals surface area contributed by atoms with E-state index in [4.69, 9.17) is 18.6 Å². The molecule has 5 aromatic rings. The number of hydrogen-bond donors (Lipinski definition) is 0. The zero-order valence-corrected chi connectivity index (χ0v) is 17.4. The first-order valence-corrected chi connectivity index (χ1v) is 9.76. The maximum atomic E-state index is 6.32. The standard InChI is InChI=1S/C25H20N2O4/c1-28-21-12-16(13-22(29-2)25(21)30-3)20-14-19-24(31-20)18(9-11-26-19)17-8-4-6-15-7-5-10-27-23(15)17/h4-14H,1-3H3. The number of nitrogens with zero attached hydrogens (tertiary/aromatic N) is 2. The first-order valence-electron chi connectivity index (χ1n) is 9.76. The number of hydrogen-bond acceptors (Lipinski definition) is 6. The summed E-state index contributed by atoms with van der Waals surface area (Å²) in [5, 5.41) is 1.07. The summed E-state index contributed by atoms with van der Waals surface area (Å²) in [6.07, 6.45) is 3.58. The summed E-state index contributed by atoms with van der Waals surface area (Å²) in [5.74, 6) is 2.31. The molecule has 154 valence electrons. The van der Waals surface area contributed by atoms with Gasteiger partial charge in [-0.1, -0.05) is 24.3 Å². The lowest BCUT2D eigenvalue weighted by molar-refractivity contribution is 0.324. The molecular weight excluding hydrogens is 392 g/mol. The van der Waals surface area contributed by atoms with Crippen molar-refractivity contribution in [3.63, 3.8) is 0 Å². The van der Waals surface area contributed by atoms with E-state index >= 15 is 0 Å². The van der Waals surface area contributed by atoms with Crippen LogP contribution in [0.15, 0.2) is 71.4 Å². The van der Waals surface area contributed by atoms with Gasteiger partial charge < -0.3 is 18.6 Å². The molecule has 2 aromatic carbocycles. The van der Waals surface area contributed by atoms with Gasteiger partial charge in [0.15, 0.2) is 17.1 Å². The molecule has 31 heavy (non-hydrogen) atoms. The predicted octanol–water partition coefficient (Wildman–Crippen LogP) is 5.74. The average Bonchev–Trinajstić information content (AvgIpc) is 3.27. The van der Waals surface area contributed by atoms with Crippen LogP contribution in [-0.2, 0) is 0 Å². The summed E-state index contributed by atoms with van der Waals surface area (Å²) in [7, 11) is 4.76. The predicted molar refractivity (Wildman–Crippen MR) is 120 cm³/mol. The molecule has 6 nitrogen and oxygen atoms in total. The number of ether oxygens (including phenoxy) is 3. The molecule has 0 atom stereocenters. The number of furan rings is 1. The zero-order chi connectivity index (χ0) is 21.4. The summed E-state index contributed by atoms with van der Waals surface area (Å²) in [6, 6.07) is 17.7. The van der Waals surface area contributed by atoms with Crippen LogP contribution in [0, 0.1) is 0 Å². The SMILES string of the molecule is COc1cc(-c2cc3nccc(-c4cccc5cccnc45)c3o2)cc(OC)c1OC. The van der Waals surface area contributed by atoms with Gasteiger partial charge >= 0.3 is 0 Å². The van der Waals surface area contributed by atoms with E-state index in [9.17, 15) is 0 Å². The highest BCUT2D eigenvalue weighted by Gasteiger charge is 2.18. The molecule has 0 fully saturated rings. The van der Waals surface area contributed by atoms with Gasteiger partial charge in [0.05, 0.1) is 26.8 Å². The number of methoxy groups -OCH3 is 3. The van der Waals surface area contributed by atoms with Crippen molar-refractivity contribution in [3.8, 4) is 39.7 Å². The van der Waals surface area contributed by atoms with Gasteiger partial charge in [0.1, 0.15) is 11.3 Å². The second kappa shape index (κ2) is 7.65. The molecule has 0 saturated heterocycles. The maximum absolute atomic E-state index is 6.32. The molecule has 0 bridgehead atoms. The molecule has 0 spiro atoms. The number of benzene rings is 2. The van der Waals surface area contributed by atoms with E-state index in [0.717, 1.165) is 33.1 Å². The molecule has 0 unspecified atom stereocenters. The fourth-order valence-corrected chi connectivity index (χ4v) is 3.84. The lowest BCUT2D eigenvalue weighted by Crippen LogP contribution is -1.95. The van der Waals surface area contributed by atoms with Crippen LogP contribution >= 0.6 is 0 Å². The van der Waals surface area contributed by atoms with E-state index in [2.05, 4.69) is 9.97 Å². The second-order valence-electron chi connectivity index (χ2n) is 6.98. The summed E-state index contributed by atoms with van der Waals surface area (Å²) < 4.78 is 22.7. The van der Waals surface area contributed by atoms with Gasteiger partial charge in [-0.05, 0) is 24.3 Å². The van der Waals surface area contributed by atoms with Crippen molar-refractivity contribution in [2.24, 2.45) is 0 Å². The van der Waals surface area contributed by atoms with Crippen molar-refractivity contribution in [1.82, 2.24) is 9.97 Å². The van der Waals surface area contributed by atoms with Crippen LogP contribution in [0.1, 0.15) is 0 Å². The van der Waals surface area contributed by atoms with E-state index in [1.165, 1.54) is 0 Å². The minimum Gasteiger partial charge on any atom is -0.493 e. The lowest BCUT2D eigenvalue weighted by atomic mass is 10.0. The molecule has 0 aliphatic carbocycles. The molecular formula is C25H20N2O4. The van der Waals surface area contributed by atoms with E-state index in [0.29, 0.717) is 28.6 Å². The smallest absolute Gasteiger partial charge is 0.203 e. The zero-order valence-electron chi connectivity index (χ0n) is 17.4. The quantitative estimate of drug-likeness (QED) is 0.367. The Labute approximate surface area is 179 Å². The molecule has 0 saturated carbocycles. The van der Waals surface area contributed by atoms with Crippen molar-refractivity contribution in [2.75, 3.05) is 21.3 Å². The van der Waals surface area contributed by atoms with Gasteiger partial charge in [0, 0.05) is 40.5 Å². The van der Waals surface area contributed by atoms with Gasteiger partial charge in [-0.25, -0.2) is 0 Å². The number of aromatic nitrogens is 2. The normalized spacial score (nSPS) is 11.1. The number of para-hydroxylation sites is 1. The fourth-order valence-electron chi connectivity index (χ4n) is 3.84. The molecule has 3 heterocycles. The third kappa shape index (κ3) is 3.13. The largest absolute Gasteiger partial charge is 0.493 e. The number of rotatable bonds is 5. The molecule has 0 radical (unpaired) electrons. The van der Waals surface area contributed by atoms with Gasteiger partial charge in [0.25, 0.3) is 0 Å². The Morgan fingerprint density at radius 1 is 0.742 bits per heavy atom. The third-order valence-corrected chi connectivity index (χ3v) is 5.28. The average molecular weight is 412 g/mol. The van der Waals surface area contributed by atoms with Crippen LogP contribution in [0.3, 0.4) is 0 Å². The van der Waals surface area contributed by atoms with Crippen molar-refractivity contribution < 1.29 is 18.6 Å². The van der Waals surface area contributed by atoms with Crippen LogP contribution in [0.5, 0.6) is 17.2 Å². The summed E-state index contributed by atoms with van der Waals surface area (Å²) in [4.78, 5) is 9.10. The highest BCUT2D eigenvalue weighted by molar-refractivity contribution is 6.01. The summed E-state index contributed by atoms with van der Waals surface area (Å²) in [6.45, 7) is 0. The van der Waals surface area contributed by atoms with Crippen molar-refractivity contribution in [2.45, 2.75) is 0 Å². The summed E-state index contributed by atoms with van der Waals surface area (Å²) >= 11 is 0. The Hall–Kier alpha value is -4.06. The monoisotopic (exact) mass is 412 g/mol. The molecule has 6 heteroatoms. The topological polar surface area (TPSA) is 66.6 Å². The Morgan fingerprint density at radius 3 is 2.26 bits per heavy atom. The van der Waals surface area contributed by atoms with Crippen molar-refractivity contribution in [1.29, 1.82) is 0 Å². The molecule has 0 amide bonds. The Kier molecular flexibility index (Phi) is 4.67. The first kappa shape index (κ1) is 18.9. The second-order valence-corrected chi connectivity index (χ2v) is 6.98. The van der Waals surface area contributed by atoms with Gasteiger partial charge in [-0.15, -0.1) is 0 Å². The van der Waals surface area contributed by atoms with Gasteiger partial charge in [-0.2, -0.15) is 0 Å². The van der Waals surface area contributed by atoms with E-state index in [1.807, 2.05) is 54.6 Å². The van der Waals surface area contributed by atoms with E-state index < -0.39 is 0 Å². The third-order valence-electron chi connectivity index (χ3n) is 5.28. The fraction of sp³-hybridized carbons (Fsp3) is 0.120. The Balaban J connectivity index is 1.71. The van der Waals surface area contributed by atoms with Crippen molar-refractivity contribution in [3.05, 3.63) is 67.0 Å². The molecule has 3 aromatic heterocycles. The molecule has 0 aliphatic rings. The Bertz CT molecular complexity index is 1380. The van der Waals surface area contributed by atoms with Gasteiger partial charge in [0.2, 0.25) is 5.75 Å². The maximum Gasteiger partial charge on any atom is 0.203 e. The molecule has 0 N–H and O–H groups in total. The summed E-state index contributed by atoms with van der Waals surface area (Å²) in [5.41, 5.74) is 5.11. The molecule has 0 aliphatic heterocycles. The van der Waals surface area contributed by atoms with Crippen LogP contribution < -0.4 is 14.2 Å². The number of pyridine rings is 2. The minimum absolute atomic E-state index is 0.533. The van der Waals surface area contributed by atoms with Crippen molar-refractivity contribution >= 4 is 22.0 Å². The lowest BCUT2D eigenvalue weighted by Gasteiger charge is -2.13. The number of fused-ring (bicyclic) bond motifs is 2. The minimum atomic E-state index is 0.533. The van der Waals surface area contributed by atoms with Crippen LogP contribution in [0.2, 0.25) is 0 Å². The van der Waals surface area contributed by atoms with E-state index in [-0.39, 0.29) is 0 Å². The first-order chi connectivity index (χ1) is 15.2. The van der Waals surface area contributed by atoms with Crippen LogP contribution in [0.4, 0.5) is 0 Å².